The van der Waals surface area contributed by atoms with E-state index in [1.807, 2.05) is 11.8 Å². The summed E-state index contributed by atoms with van der Waals surface area (Å²) < 4.78 is 36.1. The van der Waals surface area contributed by atoms with Crippen LogP contribution in [0.1, 0.15) is 6.92 Å². The summed E-state index contributed by atoms with van der Waals surface area (Å²) >= 11 is 0. The maximum absolute atomic E-state index is 13.0. The number of nitrogen functional groups attached to an aromatic ring is 1. The SMILES string of the molecule is CCN(c1ccc(F)cc1)c1ccc(S(C)(=O)=O)cc1N. The summed E-state index contributed by atoms with van der Waals surface area (Å²) in [7, 11) is -3.29. The summed E-state index contributed by atoms with van der Waals surface area (Å²) in [5.41, 5.74) is 7.83. The number of halogens is 1. The van der Waals surface area contributed by atoms with Crippen LogP contribution < -0.4 is 10.6 Å². The maximum atomic E-state index is 13.0. The van der Waals surface area contributed by atoms with Gasteiger partial charge >= 0.3 is 0 Å². The first kappa shape index (κ1) is 15.3. The molecule has 2 aromatic rings. The maximum Gasteiger partial charge on any atom is 0.175 e. The topological polar surface area (TPSA) is 63.4 Å². The molecule has 4 nitrogen and oxygen atoms in total. The molecule has 0 saturated heterocycles. The van der Waals surface area contributed by atoms with E-state index in [4.69, 9.17) is 5.73 Å². The van der Waals surface area contributed by atoms with Crippen molar-refractivity contribution >= 4 is 26.9 Å². The van der Waals surface area contributed by atoms with Gasteiger partial charge in [-0.25, -0.2) is 12.8 Å². The molecule has 21 heavy (non-hydrogen) atoms. The lowest BCUT2D eigenvalue weighted by atomic mass is 10.2. The van der Waals surface area contributed by atoms with Gasteiger partial charge in [0.2, 0.25) is 0 Å². The Balaban J connectivity index is 2.46. The zero-order valence-electron chi connectivity index (χ0n) is 11.9. The molecular weight excluding hydrogens is 291 g/mol. The number of nitrogens with zero attached hydrogens (tertiary/aromatic N) is 1. The number of hydrogen-bond donors (Lipinski definition) is 1. The van der Waals surface area contributed by atoms with Crippen LogP contribution in [0.3, 0.4) is 0 Å². The lowest BCUT2D eigenvalue weighted by Gasteiger charge is -2.25. The second-order valence-corrected chi connectivity index (χ2v) is 6.73. The van der Waals surface area contributed by atoms with Crippen molar-refractivity contribution in [2.24, 2.45) is 0 Å². The van der Waals surface area contributed by atoms with Gasteiger partial charge in [0, 0.05) is 18.5 Å². The average molecular weight is 308 g/mol. The Kier molecular flexibility index (Phi) is 4.18. The molecule has 0 amide bonds. The highest BCUT2D eigenvalue weighted by atomic mass is 32.2. The van der Waals surface area contributed by atoms with Crippen molar-refractivity contribution in [3.63, 3.8) is 0 Å². The van der Waals surface area contributed by atoms with E-state index < -0.39 is 9.84 Å². The molecule has 0 spiro atoms. The summed E-state index contributed by atoms with van der Waals surface area (Å²) in [5.74, 6) is -0.310. The van der Waals surface area contributed by atoms with Gasteiger partial charge in [-0.05, 0) is 49.4 Å². The fourth-order valence-corrected chi connectivity index (χ4v) is 2.78. The van der Waals surface area contributed by atoms with Crippen molar-refractivity contribution < 1.29 is 12.8 Å². The molecule has 2 N–H and O–H groups in total. The highest BCUT2D eigenvalue weighted by molar-refractivity contribution is 7.90. The van der Waals surface area contributed by atoms with Gasteiger partial charge in [-0.2, -0.15) is 0 Å². The van der Waals surface area contributed by atoms with E-state index in [1.165, 1.54) is 24.3 Å². The molecule has 0 fully saturated rings. The molecule has 0 saturated carbocycles. The largest absolute Gasteiger partial charge is 0.397 e. The van der Waals surface area contributed by atoms with Crippen molar-refractivity contribution in [1.82, 2.24) is 0 Å². The first-order chi connectivity index (χ1) is 9.82. The van der Waals surface area contributed by atoms with E-state index in [9.17, 15) is 12.8 Å². The quantitative estimate of drug-likeness (QED) is 0.882. The molecule has 0 unspecified atom stereocenters. The Labute approximate surface area is 123 Å². The molecule has 0 aliphatic carbocycles. The fraction of sp³-hybridized carbons (Fsp3) is 0.200. The van der Waals surface area contributed by atoms with Gasteiger partial charge in [-0.15, -0.1) is 0 Å². The van der Waals surface area contributed by atoms with Crippen LogP contribution >= 0.6 is 0 Å². The van der Waals surface area contributed by atoms with Crippen molar-refractivity contribution in [3.8, 4) is 0 Å². The zero-order valence-corrected chi connectivity index (χ0v) is 12.7. The molecule has 0 atom stereocenters. The first-order valence-electron chi connectivity index (χ1n) is 6.45. The van der Waals surface area contributed by atoms with Crippen molar-refractivity contribution in [2.75, 3.05) is 23.4 Å². The number of nitrogens with two attached hydrogens (primary N) is 1. The minimum absolute atomic E-state index is 0.180. The molecule has 0 aliphatic heterocycles. The van der Waals surface area contributed by atoms with Crippen LogP contribution in [0.4, 0.5) is 21.5 Å². The van der Waals surface area contributed by atoms with Crippen LogP contribution in [0.15, 0.2) is 47.4 Å². The lowest BCUT2D eigenvalue weighted by Crippen LogP contribution is -2.17. The van der Waals surface area contributed by atoms with Crippen LogP contribution in [0.5, 0.6) is 0 Å². The number of sulfone groups is 1. The molecule has 0 aromatic heterocycles. The van der Waals surface area contributed by atoms with Gasteiger partial charge in [0.1, 0.15) is 5.82 Å². The first-order valence-corrected chi connectivity index (χ1v) is 8.34. The minimum Gasteiger partial charge on any atom is -0.397 e. The van der Waals surface area contributed by atoms with Gasteiger partial charge in [0.05, 0.1) is 16.3 Å². The van der Waals surface area contributed by atoms with Crippen LogP contribution in [-0.2, 0) is 9.84 Å². The Hall–Kier alpha value is -2.08. The molecule has 2 rings (SSSR count). The summed E-state index contributed by atoms with van der Waals surface area (Å²) in [4.78, 5) is 2.07. The molecule has 0 bridgehead atoms. The summed E-state index contributed by atoms with van der Waals surface area (Å²) in [6, 6.07) is 10.7. The van der Waals surface area contributed by atoms with Gasteiger partial charge in [0.25, 0.3) is 0 Å². The molecule has 6 heteroatoms. The highest BCUT2D eigenvalue weighted by Crippen LogP contribution is 2.31. The van der Waals surface area contributed by atoms with Crippen LogP contribution in [0.25, 0.3) is 0 Å². The second-order valence-electron chi connectivity index (χ2n) is 4.71. The van der Waals surface area contributed by atoms with E-state index in [-0.39, 0.29) is 10.7 Å². The zero-order chi connectivity index (χ0) is 15.6. The normalized spacial score (nSPS) is 11.4. The number of benzene rings is 2. The van der Waals surface area contributed by atoms with Crippen molar-refractivity contribution in [2.45, 2.75) is 11.8 Å². The molecule has 0 aliphatic rings. The van der Waals surface area contributed by atoms with E-state index in [0.29, 0.717) is 17.9 Å². The van der Waals surface area contributed by atoms with Crippen molar-refractivity contribution in [1.29, 1.82) is 0 Å². The highest BCUT2D eigenvalue weighted by Gasteiger charge is 2.14. The Morgan fingerprint density at radius 2 is 1.76 bits per heavy atom. The third-order valence-corrected chi connectivity index (χ3v) is 4.28. The van der Waals surface area contributed by atoms with Gasteiger partial charge in [-0.1, -0.05) is 0 Å². The predicted molar refractivity (Wildman–Crippen MR) is 83.0 cm³/mol. The average Bonchev–Trinajstić information content (AvgIpc) is 2.42. The van der Waals surface area contributed by atoms with Crippen LogP contribution in [0.2, 0.25) is 0 Å². The van der Waals surface area contributed by atoms with Gasteiger partial charge in [0.15, 0.2) is 9.84 Å². The van der Waals surface area contributed by atoms with Gasteiger partial charge < -0.3 is 10.6 Å². The smallest absolute Gasteiger partial charge is 0.175 e. The number of rotatable bonds is 4. The van der Waals surface area contributed by atoms with E-state index in [2.05, 4.69) is 0 Å². The fourth-order valence-electron chi connectivity index (χ4n) is 2.12. The van der Waals surface area contributed by atoms with E-state index in [0.717, 1.165) is 11.9 Å². The second kappa shape index (κ2) is 5.73. The Bertz CT molecular complexity index is 743. The molecule has 0 radical (unpaired) electrons. The summed E-state index contributed by atoms with van der Waals surface area (Å²) in [6.45, 7) is 2.56. The van der Waals surface area contributed by atoms with Crippen LogP contribution in [0, 0.1) is 5.82 Å². The van der Waals surface area contributed by atoms with E-state index in [1.54, 1.807) is 18.2 Å². The molecular formula is C15H17FN2O2S. The molecule has 112 valence electrons. The van der Waals surface area contributed by atoms with Crippen LogP contribution in [-0.4, -0.2) is 21.2 Å². The Morgan fingerprint density at radius 1 is 1.14 bits per heavy atom. The van der Waals surface area contributed by atoms with E-state index >= 15 is 0 Å². The Morgan fingerprint density at radius 3 is 2.24 bits per heavy atom. The third-order valence-electron chi connectivity index (χ3n) is 3.17. The molecule has 2 aromatic carbocycles. The third kappa shape index (κ3) is 3.33. The minimum atomic E-state index is -3.29. The predicted octanol–water partition coefficient (Wildman–Crippen LogP) is 2.97. The summed E-state index contributed by atoms with van der Waals surface area (Å²) in [6.07, 6.45) is 1.14. The lowest BCUT2D eigenvalue weighted by molar-refractivity contribution is 0.602. The molecule has 0 heterocycles. The van der Waals surface area contributed by atoms with Gasteiger partial charge in [-0.3, -0.25) is 0 Å². The summed E-state index contributed by atoms with van der Waals surface area (Å²) in [5, 5.41) is 0. The number of anilines is 3. The number of hydrogen-bond acceptors (Lipinski definition) is 4. The standard InChI is InChI=1S/C15H17FN2O2S/c1-3-18(12-6-4-11(16)5-7-12)15-9-8-13(10-14(15)17)21(2,19)20/h4-10H,3,17H2,1-2H3. The monoisotopic (exact) mass is 308 g/mol. The van der Waals surface area contributed by atoms with Crippen molar-refractivity contribution in [3.05, 3.63) is 48.3 Å².